The number of hydrogen-bond acceptors (Lipinski definition) is 3. The van der Waals surface area contributed by atoms with Crippen molar-refractivity contribution < 1.29 is 9.90 Å². The van der Waals surface area contributed by atoms with Gasteiger partial charge in [0.1, 0.15) is 11.5 Å². The van der Waals surface area contributed by atoms with Crippen LogP contribution in [0.4, 0.5) is 0 Å². The Bertz CT molecular complexity index is 432. The molecule has 1 heterocycles. The summed E-state index contributed by atoms with van der Waals surface area (Å²) in [5.41, 5.74) is 2.70. The standard InChI is InChI=1S/C11H14N2O2/c1-7(14)6-13-10-5-3-4-9(10)11(12-13)8(2)15/h15H,2-6H2,1H3. The smallest absolute Gasteiger partial charge is 0.151 e. The van der Waals surface area contributed by atoms with Crippen LogP contribution in [0.1, 0.15) is 30.3 Å². The summed E-state index contributed by atoms with van der Waals surface area (Å²) in [6.45, 7) is 5.32. The maximum Gasteiger partial charge on any atom is 0.151 e. The van der Waals surface area contributed by atoms with Crippen LogP contribution in [0.3, 0.4) is 0 Å². The molecule has 0 aliphatic heterocycles. The highest BCUT2D eigenvalue weighted by atomic mass is 16.3. The molecule has 1 aromatic heterocycles. The fourth-order valence-electron chi connectivity index (χ4n) is 2.08. The summed E-state index contributed by atoms with van der Waals surface area (Å²) < 4.78 is 1.70. The third-order valence-electron chi connectivity index (χ3n) is 2.65. The second-order valence-corrected chi connectivity index (χ2v) is 3.93. The van der Waals surface area contributed by atoms with E-state index < -0.39 is 0 Å². The molecule has 4 nitrogen and oxygen atoms in total. The van der Waals surface area contributed by atoms with Gasteiger partial charge in [0.05, 0.1) is 6.54 Å². The maximum absolute atomic E-state index is 11.0. The van der Waals surface area contributed by atoms with Crippen molar-refractivity contribution in [3.05, 3.63) is 23.5 Å². The minimum Gasteiger partial charge on any atom is -0.506 e. The van der Waals surface area contributed by atoms with Crippen LogP contribution in [-0.4, -0.2) is 20.7 Å². The zero-order valence-corrected chi connectivity index (χ0v) is 8.79. The topological polar surface area (TPSA) is 55.1 Å². The molecule has 0 atom stereocenters. The number of aliphatic hydroxyl groups is 1. The Morgan fingerprint density at radius 1 is 1.60 bits per heavy atom. The average Bonchev–Trinajstić information content (AvgIpc) is 2.66. The van der Waals surface area contributed by atoms with Gasteiger partial charge in [0.2, 0.25) is 0 Å². The lowest BCUT2D eigenvalue weighted by Crippen LogP contribution is -2.10. The molecule has 1 N–H and O–H groups in total. The predicted octanol–water partition coefficient (Wildman–Crippen LogP) is 1.49. The van der Waals surface area contributed by atoms with E-state index >= 15 is 0 Å². The number of aromatic nitrogens is 2. The van der Waals surface area contributed by atoms with Gasteiger partial charge in [-0.1, -0.05) is 6.58 Å². The fourth-order valence-corrected chi connectivity index (χ4v) is 2.08. The van der Waals surface area contributed by atoms with E-state index in [9.17, 15) is 9.90 Å². The largest absolute Gasteiger partial charge is 0.506 e. The van der Waals surface area contributed by atoms with Gasteiger partial charge in [-0.25, -0.2) is 0 Å². The SMILES string of the molecule is C=C(O)c1nn(CC(C)=O)c2c1CCC2. The fraction of sp³-hybridized carbons (Fsp3) is 0.455. The third-order valence-corrected chi connectivity index (χ3v) is 2.65. The Morgan fingerprint density at radius 2 is 2.33 bits per heavy atom. The Labute approximate surface area is 88.2 Å². The number of carbonyl (C=O) groups excluding carboxylic acids is 1. The summed E-state index contributed by atoms with van der Waals surface area (Å²) in [7, 11) is 0. The molecule has 1 aliphatic rings. The Hall–Kier alpha value is -1.58. The number of carbonyl (C=O) groups is 1. The molecule has 2 rings (SSSR count). The molecule has 80 valence electrons. The van der Waals surface area contributed by atoms with Crippen molar-refractivity contribution in [3.63, 3.8) is 0 Å². The molecule has 0 unspecified atom stereocenters. The van der Waals surface area contributed by atoms with Gasteiger partial charge in [0, 0.05) is 11.3 Å². The monoisotopic (exact) mass is 206 g/mol. The van der Waals surface area contributed by atoms with E-state index in [2.05, 4.69) is 11.7 Å². The molecule has 4 heteroatoms. The van der Waals surface area contributed by atoms with Gasteiger partial charge < -0.3 is 5.11 Å². The number of aliphatic hydroxyl groups excluding tert-OH is 1. The third kappa shape index (κ3) is 1.67. The maximum atomic E-state index is 11.0. The zero-order chi connectivity index (χ0) is 11.0. The van der Waals surface area contributed by atoms with Crippen LogP contribution in [0.5, 0.6) is 0 Å². The van der Waals surface area contributed by atoms with E-state index in [-0.39, 0.29) is 18.1 Å². The summed E-state index contributed by atoms with van der Waals surface area (Å²) in [5.74, 6) is 0.0674. The first-order chi connectivity index (χ1) is 7.09. The highest BCUT2D eigenvalue weighted by Crippen LogP contribution is 2.27. The first kappa shape index (κ1) is 9.96. The van der Waals surface area contributed by atoms with Crippen LogP contribution in [0, 0.1) is 0 Å². The highest BCUT2D eigenvalue weighted by molar-refractivity contribution is 5.75. The molecule has 0 fully saturated rings. The van der Waals surface area contributed by atoms with Crippen molar-refractivity contribution in [2.24, 2.45) is 0 Å². The number of ketones is 1. The first-order valence-corrected chi connectivity index (χ1v) is 5.06. The van der Waals surface area contributed by atoms with E-state index in [1.807, 2.05) is 0 Å². The Balaban J connectivity index is 2.44. The van der Waals surface area contributed by atoms with Crippen molar-refractivity contribution in [1.29, 1.82) is 0 Å². The van der Waals surface area contributed by atoms with Crippen LogP contribution >= 0.6 is 0 Å². The minimum atomic E-state index is -0.00421. The van der Waals surface area contributed by atoms with Crippen molar-refractivity contribution in [2.45, 2.75) is 32.7 Å². The van der Waals surface area contributed by atoms with Gasteiger partial charge in [-0.15, -0.1) is 0 Å². The lowest BCUT2D eigenvalue weighted by atomic mass is 10.2. The first-order valence-electron chi connectivity index (χ1n) is 5.06. The molecule has 0 amide bonds. The van der Waals surface area contributed by atoms with E-state index in [0.29, 0.717) is 5.69 Å². The second-order valence-electron chi connectivity index (χ2n) is 3.93. The number of Topliss-reactive ketones (excluding diaryl/α,β-unsaturated/α-hetero) is 1. The summed E-state index contributed by atoms with van der Waals surface area (Å²) in [6.07, 6.45) is 2.91. The molecule has 0 radical (unpaired) electrons. The van der Waals surface area contributed by atoms with E-state index in [1.54, 1.807) is 4.68 Å². The molecule has 1 aliphatic carbocycles. The van der Waals surface area contributed by atoms with Crippen molar-refractivity contribution in [3.8, 4) is 0 Å². The average molecular weight is 206 g/mol. The van der Waals surface area contributed by atoms with Gasteiger partial charge in [0.25, 0.3) is 0 Å². The lowest BCUT2D eigenvalue weighted by Gasteiger charge is -2.01. The van der Waals surface area contributed by atoms with Gasteiger partial charge in [0.15, 0.2) is 5.78 Å². The van der Waals surface area contributed by atoms with E-state index in [0.717, 1.165) is 30.5 Å². The van der Waals surface area contributed by atoms with Crippen molar-refractivity contribution in [2.75, 3.05) is 0 Å². The van der Waals surface area contributed by atoms with Crippen LogP contribution in [0.25, 0.3) is 5.76 Å². The van der Waals surface area contributed by atoms with Crippen molar-refractivity contribution in [1.82, 2.24) is 9.78 Å². The quantitative estimate of drug-likeness (QED) is 0.762. The molecule has 1 aromatic rings. The van der Waals surface area contributed by atoms with Crippen LogP contribution in [-0.2, 0) is 24.2 Å². The second kappa shape index (κ2) is 3.53. The molecule has 0 saturated carbocycles. The van der Waals surface area contributed by atoms with Gasteiger partial charge >= 0.3 is 0 Å². The number of nitrogens with zero attached hydrogens (tertiary/aromatic N) is 2. The van der Waals surface area contributed by atoms with E-state index in [1.165, 1.54) is 6.92 Å². The number of fused-ring (bicyclic) bond motifs is 1. The molecule has 0 aromatic carbocycles. The molecule has 0 bridgehead atoms. The normalized spacial score (nSPS) is 13.9. The molecular weight excluding hydrogens is 192 g/mol. The van der Waals surface area contributed by atoms with Crippen molar-refractivity contribution >= 4 is 11.5 Å². The molecular formula is C11H14N2O2. The highest BCUT2D eigenvalue weighted by Gasteiger charge is 2.23. The minimum absolute atomic E-state index is 0.00421. The summed E-state index contributed by atoms with van der Waals surface area (Å²) in [6, 6.07) is 0. The summed E-state index contributed by atoms with van der Waals surface area (Å²) in [4.78, 5) is 11.0. The lowest BCUT2D eigenvalue weighted by molar-refractivity contribution is -0.117. The molecule has 15 heavy (non-hydrogen) atoms. The summed E-state index contributed by atoms with van der Waals surface area (Å²) in [5, 5.41) is 13.6. The van der Waals surface area contributed by atoms with Crippen LogP contribution in [0.2, 0.25) is 0 Å². The van der Waals surface area contributed by atoms with Crippen LogP contribution in [0.15, 0.2) is 6.58 Å². The van der Waals surface area contributed by atoms with E-state index in [4.69, 9.17) is 0 Å². The Morgan fingerprint density at radius 3 is 2.93 bits per heavy atom. The Kier molecular flexibility index (Phi) is 2.34. The van der Waals surface area contributed by atoms with Gasteiger partial charge in [-0.05, 0) is 26.2 Å². The predicted molar refractivity (Wildman–Crippen MR) is 56.6 cm³/mol. The summed E-state index contributed by atoms with van der Waals surface area (Å²) >= 11 is 0. The van der Waals surface area contributed by atoms with Gasteiger partial charge in [-0.2, -0.15) is 5.10 Å². The number of rotatable bonds is 3. The van der Waals surface area contributed by atoms with Crippen LogP contribution < -0.4 is 0 Å². The zero-order valence-electron chi connectivity index (χ0n) is 8.79. The molecule has 0 spiro atoms. The van der Waals surface area contributed by atoms with Gasteiger partial charge in [-0.3, -0.25) is 9.48 Å². The number of hydrogen-bond donors (Lipinski definition) is 1. The molecule has 0 saturated heterocycles.